The van der Waals surface area contributed by atoms with Gasteiger partial charge in [-0.25, -0.2) is 43.3 Å². The molecule has 0 bridgehead atoms. The fourth-order valence-electron chi connectivity index (χ4n) is 7.48. The van der Waals surface area contributed by atoms with Gasteiger partial charge >= 0.3 is 39.5 Å². The maximum atomic E-state index is 14.2. The number of aliphatic hydroxyl groups is 1. The number of hydrogen-bond acceptors (Lipinski definition) is 23. The Bertz CT molecular complexity index is 2590. The minimum atomic E-state index is -5.29. The molecule has 0 aliphatic carbocycles. The molecule has 10 atom stereocenters. The number of nitrogens with zero attached hydrogens (tertiary/aromatic N) is 7. The number of phosphoric acid groups is 2. The van der Waals surface area contributed by atoms with Crippen molar-refractivity contribution in [3.63, 3.8) is 0 Å². The van der Waals surface area contributed by atoms with Gasteiger partial charge in [0.15, 0.2) is 23.8 Å². The number of carbonyl (C=O) groups excluding carboxylic acids is 4. The zero-order valence-electron chi connectivity index (χ0n) is 39.9. The zero-order valence-corrected chi connectivity index (χ0v) is 42.5. The number of imidazole rings is 1. The number of unbranched alkanes of at least 4 members (excludes halogenated alkanes) is 1. The van der Waals surface area contributed by atoms with Crippen LogP contribution in [-0.4, -0.2) is 163 Å². The highest BCUT2D eigenvalue weighted by atomic mass is 32.2. The van der Waals surface area contributed by atoms with E-state index >= 15 is 0 Å². The van der Waals surface area contributed by atoms with Crippen LogP contribution in [0.25, 0.3) is 11.2 Å². The lowest BCUT2D eigenvalue weighted by molar-refractivity contribution is -0.159. The third-order valence-corrected chi connectivity index (χ3v) is 13.2. The van der Waals surface area contributed by atoms with Crippen LogP contribution in [0.5, 0.6) is 0 Å². The molecule has 3 aliphatic rings. The van der Waals surface area contributed by atoms with Crippen LogP contribution < -0.4 is 27.8 Å². The van der Waals surface area contributed by atoms with Gasteiger partial charge in [-0.3, -0.25) is 32.4 Å². The Kier molecular flexibility index (Phi) is 18.0. The fourth-order valence-corrected chi connectivity index (χ4v) is 9.92. The quantitative estimate of drug-likeness (QED) is 0.0356. The Morgan fingerprint density at radius 2 is 1.67 bits per heavy atom. The maximum Gasteiger partial charge on any atom is 0.472 e. The van der Waals surface area contributed by atoms with E-state index in [1.54, 1.807) is 41.5 Å². The minimum Gasteiger partial charge on any atom is -0.455 e. The third-order valence-electron chi connectivity index (χ3n) is 10.6. The number of thioether (sulfide) groups is 1. The van der Waals surface area contributed by atoms with Gasteiger partial charge in [-0.2, -0.15) is 4.98 Å². The van der Waals surface area contributed by atoms with Gasteiger partial charge in [-0.15, -0.1) is 11.8 Å². The number of hydrogen-bond donors (Lipinski definition) is 8. The lowest BCUT2D eigenvalue weighted by atomic mass is 10.1. The molecular formula is C39H59N11O19P2S. The number of phosphoric ester groups is 2. The SMILES string of the molecule is CC(C)(C)OC(=O)N[C@@H](CCCCNC(=O)[C@@H]1CSCN1C(=O)OC(C)(C)C)C(=O)O[C@H]1[C@@H](O)[C@H](n2cnc3c(N)ncnc32)O[C@@H]1COP(=O)(O)O[C@H]1C[C@H](n2ccc(N)nc2=O)O[C@@H]1COP(=O)(O)O. The molecule has 10 N–H and O–H groups in total. The van der Waals surface area contributed by atoms with Crippen LogP contribution in [0.15, 0.2) is 29.7 Å². The van der Waals surface area contributed by atoms with E-state index in [1.165, 1.54) is 39.8 Å². The molecule has 0 saturated carbocycles. The summed E-state index contributed by atoms with van der Waals surface area (Å²) in [4.78, 5) is 113. The standard InChI is InChI=1S/C39H59N11O19P2S/c1-38(2,3)67-36(55)46-20(9-7-8-11-42-32(52)21-16-72-19-50(21)37(56)68-39(4,5)6)34(53)66-29-24(65-33(28(29)51)49-18-45-27-30(41)43-17-44-31(27)49)15-63-71(60,61)69-22-13-26(48-12-10-25(40)47-35(48)54)64-23(22)14-62-70(57,58)59/h10,12,17-18,20-24,26,28-29,33,51H,7-9,11,13-16,19H2,1-6H3,(H,42,52)(H,46,55)(H,60,61)(H2,40,47,54)(H2,41,43,44)(H2,57,58,59)/t20-,21-,22-,23+,24+,26+,28+,29+,33+/m0/s1. The highest BCUT2D eigenvalue weighted by Gasteiger charge is 2.50. The third kappa shape index (κ3) is 15.3. The number of ether oxygens (including phenoxy) is 5. The largest absolute Gasteiger partial charge is 0.472 e. The summed E-state index contributed by atoms with van der Waals surface area (Å²) in [7, 11) is -10.4. The van der Waals surface area contributed by atoms with Crippen molar-refractivity contribution >= 4 is 74.3 Å². The minimum absolute atomic E-state index is 0.0245. The summed E-state index contributed by atoms with van der Waals surface area (Å²) in [6, 6.07) is -0.961. The first-order chi connectivity index (χ1) is 33.6. The first kappa shape index (κ1) is 56.3. The summed E-state index contributed by atoms with van der Waals surface area (Å²) in [5, 5.41) is 17.1. The predicted octanol–water partition coefficient (Wildman–Crippen LogP) is 0.807. The van der Waals surface area contributed by atoms with Crippen LogP contribution in [0.2, 0.25) is 0 Å². The molecule has 3 aromatic heterocycles. The van der Waals surface area contributed by atoms with Gasteiger partial charge in [0.05, 0.1) is 25.4 Å². The Labute approximate surface area is 414 Å². The number of nitrogen functional groups attached to an aromatic ring is 2. The van der Waals surface area contributed by atoms with Gasteiger partial charge in [0.25, 0.3) is 0 Å². The Morgan fingerprint density at radius 1 is 0.958 bits per heavy atom. The summed E-state index contributed by atoms with van der Waals surface area (Å²) in [6.45, 7) is 8.23. The molecule has 400 valence electrons. The fraction of sp³-hybridized carbons (Fsp3) is 0.667. The number of aromatic nitrogens is 6. The van der Waals surface area contributed by atoms with Crippen molar-refractivity contribution in [2.24, 2.45) is 0 Å². The lowest BCUT2D eigenvalue weighted by Crippen LogP contribution is -2.49. The van der Waals surface area contributed by atoms with E-state index in [0.717, 1.165) is 10.9 Å². The molecule has 3 saturated heterocycles. The Morgan fingerprint density at radius 3 is 2.35 bits per heavy atom. The van der Waals surface area contributed by atoms with Gasteiger partial charge in [0, 0.05) is 24.9 Å². The topological polar surface area (TPSA) is 415 Å². The molecule has 3 aromatic rings. The van der Waals surface area contributed by atoms with E-state index in [4.69, 9.17) is 44.2 Å². The lowest BCUT2D eigenvalue weighted by Gasteiger charge is -2.27. The first-order valence-corrected chi connectivity index (χ1v) is 26.4. The second-order valence-electron chi connectivity index (χ2n) is 18.6. The highest BCUT2D eigenvalue weighted by Crippen LogP contribution is 2.50. The van der Waals surface area contributed by atoms with Gasteiger partial charge < -0.3 is 65.6 Å². The molecule has 0 spiro atoms. The smallest absolute Gasteiger partial charge is 0.455 e. The molecule has 0 radical (unpaired) electrons. The van der Waals surface area contributed by atoms with Crippen LogP contribution in [0.3, 0.4) is 0 Å². The van der Waals surface area contributed by atoms with Gasteiger partial charge in [-0.1, -0.05) is 0 Å². The average molecular weight is 1080 g/mol. The number of nitrogens with one attached hydrogen (secondary N) is 2. The van der Waals surface area contributed by atoms with Crippen LogP contribution in [0, 0.1) is 0 Å². The van der Waals surface area contributed by atoms with E-state index < -0.39 is 125 Å². The van der Waals surface area contributed by atoms with Crippen LogP contribution in [0.4, 0.5) is 21.2 Å². The molecule has 1 unspecified atom stereocenters. The highest BCUT2D eigenvalue weighted by molar-refractivity contribution is 7.99. The van der Waals surface area contributed by atoms with Crippen molar-refractivity contribution in [2.45, 2.75) is 133 Å². The summed E-state index contributed by atoms with van der Waals surface area (Å²) in [5.74, 6) is -1.05. The summed E-state index contributed by atoms with van der Waals surface area (Å²) >= 11 is 1.39. The van der Waals surface area contributed by atoms with Gasteiger partial charge in [-0.05, 0) is 66.9 Å². The van der Waals surface area contributed by atoms with Crippen molar-refractivity contribution in [3.05, 3.63) is 35.4 Å². The number of rotatable bonds is 19. The normalized spacial score (nSPS) is 24.9. The van der Waals surface area contributed by atoms with Gasteiger partial charge in [0.2, 0.25) is 5.91 Å². The zero-order chi connectivity index (χ0) is 52.9. The Hall–Kier alpha value is -5.04. The van der Waals surface area contributed by atoms with E-state index in [2.05, 4.69) is 35.1 Å². The number of anilines is 2. The number of carbonyl (C=O) groups is 4. The second kappa shape index (κ2) is 23.0. The first-order valence-electron chi connectivity index (χ1n) is 22.3. The number of alkyl carbamates (subject to hydrolysis) is 1. The number of esters is 1. The van der Waals surface area contributed by atoms with E-state index in [0.29, 0.717) is 5.75 Å². The molecule has 33 heteroatoms. The molecule has 6 rings (SSSR count). The van der Waals surface area contributed by atoms with Crippen LogP contribution in [0.1, 0.15) is 79.7 Å². The molecule has 72 heavy (non-hydrogen) atoms. The van der Waals surface area contributed by atoms with Crippen molar-refractivity contribution < 1.29 is 85.4 Å². The van der Waals surface area contributed by atoms with E-state index in [9.17, 15) is 52.9 Å². The maximum absolute atomic E-state index is 14.2. The van der Waals surface area contributed by atoms with Crippen molar-refractivity contribution in [1.29, 1.82) is 0 Å². The van der Waals surface area contributed by atoms with E-state index in [-0.39, 0.29) is 60.9 Å². The second-order valence-corrected chi connectivity index (χ2v) is 22.2. The molecular weight excluding hydrogens is 1020 g/mol. The number of aliphatic hydroxyl groups excluding tert-OH is 1. The van der Waals surface area contributed by atoms with Gasteiger partial charge in [0.1, 0.15) is 71.6 Å². The van der Waals surface area contributed by atoms with Crippen LogP contribution in [-0.2, 0) is 56.0 Å². The molecule has 0 aromatic carbocycles. The van der Waals surface area contributed by atoms with Crippen LogP contribution >= 0.6 is 27.4 Å². The summed E-state index contributed by atoms with van der Waals surface area (Å²) < 4.78 is 71.3. The van der Waals surface area contributed by atoms with Crippen molar-refractivity contribution in [1.82, 2.24) is 44.6 Å². The number of nitrogens with two attached hydrogens (primary N) is 2. The van der Waals surface area contributed by atoms with Crippen molar-refractivity contribution in [3.8, 4) is 0 Å². The monoisotopic (exact) mass is 1080 g/mol. The molecule has 3 amide bonds. The molecule has 6 heterocycles. The summed E-state index contributed by atoms with van der Waals surface area (Å²) in [6.07, 6.45) is -8.94. The van der Waals surface area contributed by atoms with E-state index in [1.807, 2.05) is 0 Å². The number of fused-ring (bicyclic) bond motifs is 1. The predicted molar refractivity (Wildman–Crippen MR) is 249 cm³/mol. The summed E-state index contributed by atoms with van der Waals surface area (Å²) in [5.41, 5.74) is 9.11. The average Bonchev–Trinajstić information content (AvgIpc) is 4.07. The molecule has 3 fully saturated rings. The Balaban J connectivity index is 1.17. The molecule has 30 nitrogen and oxygen atoms in total. The molecule has 3 aliphatic heterocycles. The number of amides is 3. The van der Waals surface area contributed by atoms with Crippen molar-refractivity contribution in [2.75, 3.05) is 42.9 Å².